The number of sulfonamides is 2. The summed E-state index contributed by atoms with van der Waals surface area (Å²) in [6, 6.07) is 27.4. The predicted molar refractivity (Wildman–Crippen MR) is 153 cm³/mol. The Morgan fingerprint density at radius 2 is 0.846 bits per heavy atom. The van der Waals surface area contributed by atoms with Gasteiger partial charge >= 0.3 is 20.4 Å². The summed E-state index contributed by atoms with van der Waals surface area (Å²) in [7, 11) is -7.25. The normalized spacial score (nSPS) is 11.1. The van der Waals surface area contributed by atoms with E-state index < -0.39 is 20.0 Å². The van der Waals surface area contributed by atoms with Crippen LogP contribution in [0.3, 0.4) is 0 Å². The van der Waals surface area contributed by atoms with Gasteiger partial charge in [0, 0.05) is 21.2 Å². The smallest absolute Gasteiger partial charge is 0.541 e. The molecule has 0 atom stereocenters. The van der Waals surface area contributed by atoms with Crippen molar-refractivity contribution in [2.24, 2.45) is 0 Å². The molecule has 4 aromatic carbocycles. The molecule has 0 aliphatic rings. The van der Waals surface area contributed by atoms with Crippen molar-refractivity contribution < 1.29 is 37.3 Å². The number of nitrogens with zero attached hydrogens (tertiary/aromatic N) is 2. The zero-order valence-corrected chi connectivity index (χ0v) is 24.7. The summed E-state index contributed by atoms with van der Waals surface area (Å²) in [6.45, 7) is 3.92. The standard InChI is InChI=1S/2C14H15N2O2S.Pd/c2*1-11-6-8-13(9-7-11)19(17,18)16-10-12-4-2-3-5-14(12)15;/h2*2-9H,10,15H2,1H3;/q2*-1;+2. The first-order valence-electron chi connectivity index (χ1n) is 11.7. The summed E-state index contributed by atoms with van der Waals surface area (Å²) in [5.74, 6) is 0. The molecule has 4 N–H and O–H groups in total. The fraction of sp³-hybridized carbons (Fsp3) is 0.143. The van der Waals surface area contributed by atoms with Crippen LogP contribution in [0.2, 0.25) is 0 Å². The molecule has 0 amide bonds. The minimum absolute atomic E-state index is 0. The van der Waals surface area contributed by atoms with Gasteiger partial charge in [-0.25, -0.2) is 16.8 Å². The maximum absolute atomic E-state index is 12.0. The first-order chi connectivity index (χ1) is 18.0. The van der Waals surface area contributed by atoms with Crippen LogP contribution >= 0.6 is 0 Å². The van der Waals surface area contributed by atoms with E-state index in [1.165, 1.54) is 0 Å². The van der Waals surface area contributed by atoms with Crippen LogP contribution in [0, 0.1) is 13.8 Å². The van der Waals surface area contributed by atoms with Gasteiger partial charge in [0.1, 0.15) is 20.0 Å². The van der Waals surface area contributed by atoms with Gasteiger partial charge < -0.3 is 20.9 Å². The van der Waals surface area contributed by atoms with E-state index in [1.807, 2.05) is 13.8 Å². The Kier molecular flexibility index (Phi) is 11.9. The molecule has 0 bridgehead atoms. The van der Waals surface area contributed by atoms with Crippen molar-refractivity contribution in [3.63, 3.8) is 0 Å². The Morgan fingerprint density at radius 1 is 0.538 bits per heavy atom. The first kappa shape index (κ1) is 32.2. The van der Waals surface area contributed by atoms with Crippen molar-refractivity contribution in [2.75, 3.05) is 11.5 Å². The quantitative estimate of drug-likeness (QED) is 0.184. The molecule has 8 nitrogen and oxygen atoms in total. The zero-order valence-electron chi connectivity index (χ0n) is 21.5. The molecule has 39 heavy (non-hydrogen) atoms. The van der Waals surface area contributed by atoms with E-state index in [0.717, 1.165) is 11.1 Å². The van der Waals surface area contributed by atoms with E-state index in [-0.39, 0.29) is 43.3 Å². The monoisotopic (exact) mass is 656 g/mol. The largest absolute Gasteiger partial charge is 2.00 e. The number of hydrogen-bond acceptors (Lipinski definition) is 6. The Bertz CT molecular complexity index is 1460. The predicted octanol–water partition coefficient (Wildman–Crippen LogP) is 5.68. The van der Waals surface area contributed by atoms with E-state index in [2.05, 4.69) is 9.44 Å². The Morgan fingerprint density at radius 3 is 1.15 bits per heavy atom. The van der Waals surface area contributed by atoms with Crippen LogP contribution in [0.1, 0.15) is 22.3 Å². The molecule has 0 radical (unpaired) electrons. The first-order valence-corrected chi connectivity index (χ1v) is 14.5. The van der Waals surface area contributed by atoms with Gasteiger partial charge in [-0.15, -0.1) is 13.1 Å². The number of hydrogen-bond donors (Lipinski definition) is 2. The summed E-state index contributed by atoms with van der Waals surface area (Å²) in [4.78, 5) is 0.403. The van der Waals surface area contributed by atoms with Crippen molar-refractivity contribution in [1.29, 1.82) is 0 Å². The molecule has 0 aliphatic carbocycles. The van der Waals surface area contributed by atoms with Gasteiger partial charge in [0.15, 0.2) is 0 Å². The minimum Gasteiger partial charge on any atom is -0.541 e. The van der Waals surface area contributed by atoms with E-state index in [4.69, 9.17) is 11.5 Å². The van der Waals surface area contributed by atoms with Crippen molar-refractivity contribution in [3.8, 4) is 0 Å². The van der Waals surface area contributed by atoms with Crippen molar-refractivity contribution >= 4 is 31.4 Å². The van der Waals surface area contributed by atoms with Gasteiger partial charge in [-0.3, -0.25) is 0 Å². The molecular formula is C28H30N4O4PdS2. The molecule has 0 fully saturated rings. The Hall–Kier alpha value is -3.04. The van der Waals surface area contributed by atoms with Crippen LogP contribution in [0.25, 0.3) is 9.44 Å². The molecule has 0 aliphatic heterocycles. The van der Waals surface area contributed by atoms with E-state index in [1.54, 1.807) is 97.1 Å². The van der Waals surface area contributed by atoms with Crippen LogP contribution in [-0.4, -0.2) is 16.8 Å². The number of aryl methyl sites for hydroxylation is 2. The van der Waals surface area contributed by atoms with E-state index in [0.29, 0.717) is 22.5 Å². The fourth-order valence-corrected chi connectivity index (χ4v) is 5.11. The van der Waals surface area contributed by atoms with Gasteiger partial charge in [0.25, 0.3) is 0 Å². The summed E-state index contributed by atoms with van der Waals surface area (Å²) >= 11 is 0. The second-order valence-corrected chi connectivity index (χ2v) is 11.9. The molecule has 0 heterocycles. The average Bonchev–Trinajstić information content (AvgIpc) is 2.89. The van der Waals surface area contributed by atoms with Crippen molar-refractivity contribution in [3.05, 3.63) is 129 Å². The molecule has 208 valence electrons. The summed E-state index contributed by atoms with van der Waals surface area (Å²) in [5.41, 5.74) is 16.0. The van der Waals surface area contributed by atoms with Crippen LogP contribution in [-0.2, 0) is 53.6 Å². The molecule has 4 aromatic rings. The van der Waals surface area contributed by atoms with Crippen LogP contribution in [0.15, 0.2) is 107 Å². The Balaban J connectivity index is 0.000000267. The summed E-state index contributed by atoms with van der Waals surface area (Å²) < 4.78 is 55.6. The summed E-state index contributed by atoms with van der Waals surface area (Å²) in [5, 5.41) is 0. The van der Waals surface area contributed by atoms with Crippen LogP contribution in [0.4, 0.5) is 11.4 Å². The minimum atomic E-state index is -3.62. The topological polar surface area (TPSA) is 149 Å². The number of anilines is 2. The van der Waals surface area contributed by atoms with E-state index >= 15 is 0 Å². The molecule has 4 rings (SSSR count). The second-order valence-electron chi connectivity index (χ2n) is 8.55. The number of benzene rings is 4. The SMILES string of the molecule is Cc1ccc(S(=O)(=O)[N-]Cc2ccccc2N)cc1.Cc1ccc(S(=O)(=O)[N-]Cc2ccccc2N)cc1.[Pd+2]. The number of rotatable bonds is 8. The molecule has 0 spiro atoms. The molecule has 0 saturated heterocycles. The fourth-order valence-electron chi connectivity index (χ4n) is 3.23. The molecule has 11 heteroatoms. The zero-order chi connectivity index (χ0) is 27.8. The number of nitrogen functional groups attached to an aromatic ring is 2. The second kappa shape index (κ2) is 14.4. The number of nitrogens with two attached hydrogens (primary N) is 2. The maximum Gasteiger partial charge on any atom is 2.00 e. The van der Waals surface area contributed by atoms with Gasteiger partial charge in [-0.1, -0.05) is 71.8 Å². The third-order valence-electron chi connectivity index (χ3n) is 5.56. The van der Waals surface area contributed by atoms with Crippen molar-refractivity contribution in [1.82, 2.24) is 0 Å². The van der Waals surface area contributed by atoms with Gasteiger partial charge in [0.2, 0.25) is 0 Å². The van der Waals surface area contributed by atoms with Gasteiger partial charge in [0.05, 0.1) is 0 Å². The van der Waals surface area contributed by atoms with Crippen molar-refractivity contribution in [2.45, 2.75) is 36.7 Å². The van der Waals surface area contributed by atoms with Crippen LogP contribution < -0.4 is 11.5 Å². The van der Waals surface area contributed by atoms with Gasteiger partial charge in [-0.05, 0) is 61.4 Å². The molecular weight excluding hydrogens is 627 g/mol. The third kappa shape index (κ3) is 9.58. The van der Waals surface area contributed by atoms with Gasteiger partial charge in [-0.2, -0.15) is 0 Å². The molecule has 0 unspecified atom stereocenters. The molecule has 0 aromatic heterocycles. The number of para-hydroxylation sites is 2. The average molecular weight is 657 g/mol. The summed E-state index contributed by atoms with van der Waals surface area (Å²) in [6.07, 6.45) is 0. The Labute approximate surface area is 244 Å². The van der Waals surface area contributed by atoms with Crippen LogP contribution in [0.5, 0.6) is 0 Å². The van der Waals surface area contributed by atoms with E-state index in [9.17, 15) is 16.8 Å². The third-order valence-corrected chi connectivity index (χ3v) is 8.23. The maximum atomic E-state index is 12.0. The molecule has 0 saturated carbocycles.